The third-order valence-corrected chi connectivity index (χ3v) is 3.36. The lowest BCUT2D eigenvalue weighted by atomic mass is 10.1. The van der Waals surface area contributed by atoms with E-state index in [1.807, 2.05) is 18.2 Å². The molecule has 0 bridgehead atoms. The molecule has 0 aliphatic heterocycles. The fourth-order valence-corrected chi connectivity index (χ4v) is 2.33. The molecule has 3 aromatic rings. The Balaban J connectivity index is 1.88. The van der Waals surface area contributed by atoms with E-state index in [1.54, 1.807) is 0 Å². The molecule has 2 N–H and O–H groups in total. The molecule has 106 valence electrons. The van der Waals surface area contributed by atoms with Gasteiger partial charge in [-0.05, 0) is 30.0 Å². The van der Waals surface area contributed by atoms with E-state index >= 15 is 0 Å². The van der Waals surface area contributed by atoms with Crippen LogP contribution in [0.4, 0.5) is 17.3 Å². The van der Waals surface area contributed by atoms with E-state index in [0.29, 0.717) is 0 Å². The van der Waals surface area contributed by atoms with Crippen LogP contribution in [0.5, 0.6) is 0 Å². The summed E-state index contributed by atoms with van der Waals surface area (Å²) in [6.45, 7) is 3.08. The van der Waals surface area contributed by atoms with Crippen LogP contribution in [-0.4, -0.2) is 11.5 Å². The minimum Gasteiger partial charge on any atom is -0.370 e. The molecule has 0 atom stereocenters. The Morgan fingerprint density at radius 2 is 1.62 bits per heavy atom. The zero-order valence-corrected chi connectivity index (χ0v) is 12.1. The molecule has 0 fully saturated rings. The largest absolute Gasteiger partial charge is 0.370 e. The highest BCUT2D eigenvalue weighted by atomic mass is 15.1. The molecule has 1 heterocycles. The van der Waals surface area contributed by atoms with E-state index in [2.05, 4.69) is 65.0 Å². The molecule has 0 saturated carbocycles. The van der Waals surface area contributed by atoms with E-state index in [-0.39, 0.29) is 0 Å². The first-order valence-electron chi connectivity index (χ1n) is 7.32. The molecule has 0 radical (unpaired) electrons. The van der Waals surface area contributed by atoms with Gasteiger partial charge in [0, 0.05) is 17.6 Å². The molecule has 2 aromatic carbocycles. The van der Waals surface area contributed by atoms with Crippen LogP contribution in [0.2, 0.25) is 0 Å². The summed E-state index contributed by atoms with van der Waals surface area (Å²) in [6, 6.07) is 20.6. The minimum atomic E-state index is 0.854. The van der Waals surface area contributed by atoms with Gasteiger partial charge >= 0.3 is 0 Å². The van der Waals surface area contributed by atoms with Crippen LogP contribution in [-0.2, 0) is 0 Å². The van der Waals surface area contributed by atoms with Crippen molar-refractivity contribution in [2.45, 2.75) is 13.3 Å². The molecule has 0 aliphatic rings. The second-order valence-electron chi connectivity index (χ2n) is 4.99. The average Bonchev–Trinajstić information content (AvgIpc) is 2.54. The van der Waals surface area contributed by atoms with Gasteiger partial charge in [-0.3, -0.25) is 0 Å². The van der Waals surface area contributed by atoms with Crippen LogP contribution in [0.25, 0.3) is 10.8 Å². The normalized spacial score (nSPS) is 10.5. The highest BCUT2D eigenvalue weighted by Crippen LogP contribution is 2.25. The maximum atomic E-state index is 4.59. The van der Waals surface area contributed by atoms with Crippen molar-refractivity contribution in [3.8, 4) is 0 Å². The fraction of sp³-hybridized carbons (Fsp3) is 0.167. The monoisotopic (exact) mass is 277 g/mol. The first-order chi connectivity index (χ1) is 10.4. The molecule has 1 aromatic heterocycles. The van der Waals surface area contributed by atoms with Gasteiger partial charge in [-0.1, -0.05) is 49.4 Å². The second-order valence-corrected chi connectivity index (χ2v) is 4.99. The van der Waals surface area contributed by atoms with Crippen LogP contribution < -0.4 is 10.6 Å². The summed E-state index contributed by atoms with van der Waals surface area (Å²) in [7, 11) is 0. The SMILES string of the molecule is CCCNc1cccc(Nc2cccc3ccccc23)n1. The molecule has 3 heteroatoms. The highest BCUT2D eigenvalue weighted by Gasteiger charge is 2.02. The van der Waals surface area contributed by atoms with Crippen LogP contribution in [0.15, 0.2) is 60.7 Å². The lowest BCUT2D eigenvalue weighted by Crippen LogP contribution is -2.03. The van der Waals surface area contributed by atoms with Crippen LogP contribution in [0, 0.1) is 0 Å². The van der Waals surface area contributed by atoms with E-state index in [1.165, 1.54) is 10.8 Å². The van der Waals surface area contributed by atoms with Crippen molar-refractivity contribution in [3.05, 3.63) is 60.7 Å². The summed E-state index contributed by atoms with van der Waals surface area (Å²) in [4.78, 5) is 4.59. The fourth-order valence-electron chi connectivity index (χ4n) is 2.33. The van der Waals surface area contributed by atoms with Gasteiger partial charge in [-0.15, -0.1) is 0 Å². The van der Waals surface area contributed by atoms with Gasteiger partial charge in [-0.2, -0.15) is 0 Å². The summed E-state index contributed by atoms with van der Waals surface area (Å²) in [5, 5.41) is 9.15. The number of pyridine rings is 1. The Morgan fingerprint density at radius 3 is 2.52 bits per heavy atom. The van der Waals surface area contributed by atoms with Crippen LogP contribution in [0.3, 0.4) is 0 Å². The molecule has 0 spiro atoms. The number of rotatable bonds is 5. The Morgan fingerprint density at radius 1 is 0.857 bits per heavy atom. The van der Waals surface area contributed by atoms with Crippen molar-refractivity contribution in [1.29, 1.82) is 0 Å². The molecule has 3 nitrogen and oxygen atoms in total. The zero-order valence-electron chi connectivity index (χ0n) is 12.1. The third kappa shape index (κ3) is 3.14. The van der Waals surface area contributed by atoms with Crippen LogP contribution in [0.1, 0.15) is 13.3 Å². The minimum absolute atomic E-state index is 0.854. The third-order valence-electron chi connectivity index (χ3n) is 3.36. The maximum Gasteiger partial charge on any atom is 0.132 e. The molecule has 21 heavy (non-hydrogen) atoms. The summed E-state index contributed by atoms with van der Waals surface area (Å²) in [5.41, 5.74) is 1.08. The maximum absolute atomic E-state index is 4.59. The lowest BCUT2D eigenvalue weighted by Gasteiger charge is -2.11. The van der Waals surface area contributed by atoms with Crippen molar-refractivity contribution in [3.63, 3.8) is 0 Å². The van der Waals surface area contributed by atoms with Gasteiger partial charge in [0.1, 0.15) is 11.6 Å². The Labute approximate surface area is 125 Å². The standard InChI is InChI=1S/C18H19N3/c1-2-13-19-17-11-6-12-18(21-17)20-16-10-5-8-14-7-3-4-9-15(14)16/h3-12H,2,13H2,1H3,(H2,19,20,21). The topological polar surface area (TPSA) is 37.0 Å². The first kappa shape index (κ1) is 13.4. The molecular weight excluding hydrogens is 258 g/mol. The second kappa shape index (κ2) is 6.27. The highest BCUT2D eigenvalue weighted by molar-refractivity contribution is 5.95. The van der Waals surface area contributed by atoms with Crippen molar-refractivity contribution >= 4 is 28.1 Å². The average molecular weight is 277 g/mol. The molecular formula is C18H19N3. The predicted octanol–water partition coefficient (Wildman–Crippen LogP) is 4.80. The van der Waals surface area contributed by atoms with E-state index in [9.17, 15) is 0 Å². The number of nitrogens with zero attached hydrogens (tertiary/aromatic N) is 1. The number of fused-ring (bicyclic) bond motifs is 1. The van der Waals surface area contributed by atoms with Crippen molar-refractivity contribution in [1.82, 2.24) is 4.98 Å². The Bertz CT molecular complexity index is 732. The number of anilines is 3. The number of aromatic nitrogens is 1. The van der Waals surface area contributed by atoms with Gasteiger partial charge in [0.15, 0.2) is 0 Å². The predicted molar refractivity (Wildman–Crippen MR) is 90.2 cm³/mol. The molecule has 0 aliphatic carbocycles. The van der Waals surface area contributed by atoms with Crippen molar-refractivity contribution in [2.75, 3.05) is 17.2 Å². The summed E-state index contributed by atoms with van der Waals surface area (Å²) < 4.78 is 0. The van der Waals surface area contributed by atoms with Crippen molar-refractivity contribution in [2.24, 2.45) is 0 Å². The van der Waals surface area contributed by atoms with Gasteiger partial charge in [-0.25, -0.2) is 4.98 Å². The van der Waals surface area contributed by atoms with E-state index < -0.39 is 0 Å². The van der Waals surface area contributed by atoms with Gasteiger partial charge in [0.05, 0.1) is 0 Å². The van der Waals surface area contributed by atoms with Crippen LogP contribution >= 0.6 is 0 Å². The molecule has 0 saturated heterocycles. The van der Waals surface area contributed by atoms with Crippen molar-refractivity contribution < 1.29 is 0 Å². The van der Waals surface area contributed by atoms with Gasteiger partial charge < -0.3 is 10.6 Å². The molecule has 3 rings (SSSR count). The van der Waals surface area contributed by atoms with E-state index in [0.717, 1.165) is 30.3 Å². The number of benzene rings is 2. The lowest BCUT2D eigenvalue weighted by molar-refractivity contribution is 0.970. The Kier molecular flexibility index (Phi) is 4.01. The van der Waals surface area contributed by atoms with Gasteiger partial charge in [0.25, 0.3) is 0 Å². The summed E-state index contributed by atoms with van der Waals surface area (Å²) in [5.74, 6) is 1.76. The summed E-state index contributed by atoms with van der Waals surface area (Å²) in [6.07, 6.45) is 1.09. The smallest absolute Gasteiger partial charge is 0.132 e. The quantitative estimate of drug-likeness (QED) is 0.703. The first-order valence-corrected chi connectivity index (χ1v) is 7.32. The number of hydrogen-bond acceptors (Lipinski definition) is 3. The number of hydrogen-bond donors (Lipinski definition) is 2. The molecule has 0 unspecified atom stereocenters. The van der Waals surface area contributed by atoms with Gasteiger partial charge in [0.2, 0.25) is 0 Å². The van der Waals surface area contributed by atoms with E-state index in [4.69, 9.17) is 0 Å². The number of nitrogens with one attached hydrogen (secondary N) is 2. The summed E-state index contributed by atoms with van der Waals surface area (Å²) >= 11 is 0. The Hall–Kier alpha value is -2.55. The molecule has 0 amide bonds. The zero-order chi connectivity index (χ0) is 14.5.